The van der Waals surface area contributed by atoms with Crippen LogP contribution < -0.4 is 0 Å². The molecule has 0 N–H and O–H groups in total. The van der Waals surface area contributed by atoms with E-state index in [0.717, 1.165) is 25.9 Å². The lowest BCUT2D eigenvalue weighted by Crippen LogP contribution is -2.40. The number of carbonyl (C=O) groups excluding carboxylic acids is 1. The molecular weight excluding hydrogens is 166 g/mol. The minimum absolute atomic E-state index is 0.120. The molecule has 0 aromatic rings. The zero-order chi connectivity index (χ0) is 9.68. The molecule has 13 heavy (non-hydrogen) atoms. The zero-order valence-corrected chi connectivity index (χ0v) is 8.32. The quantitative estimate of drug-likeness (QED) is 0.664. The molecule has 1 unspecified atom stereocenters. The van der Waals surface area contributed by atoms with Crippen molar-refractivity contribution in [3.05, 3.63) is 12.3 Å². The van der Waals surface area contributed by atoms with E-state index in [-0.39, 0.29) is 12.0 Å². The third kappa shape index (κ3) is 2.47. The summed E-state index contributed by atoms with van der Waals surface area (Å²) in [7, 11) is 0. The number of hydrogen-bond acceptors (Lipinski definition) is 2. The third-order valence-corrected chi connectivity index (χ3v) is 2.29. The van der Waals surface area contributed by atoms with E-state index in [1.165, 1.54) is 0 Å². The van der Waals surface area contributed by atoms with Gasteiger partial charge in [-0.25, -0.2) is 0 Å². The Morgan fingerprint density at radius 1 is 1.54 bits per heavy atom. The largest absolute Gasteiger partial charge is 0.489 e. The molecule has 0 bridgehead atoms. The lowest BCUT2D eigenvalue weighted by Gasteiger charge is -2.25. The molecule has 1 rings (SSSR count). The zero-order valence-electron chi connectivity index (χ0n) is 8.32. The van der Waals surface area contributed by atoms with Gasteiger partial charge in [-0.15, -0.1) is 0 Å². The molecule has 0 saturated heterocycles. The minimum Gasteiger partial charge on any atom is -0.489 e. The molecule has 1 aliphatic heterocycles. The van der Waals surface area contributed by atoms with Gasteiger partial charge >= 0.3 is 0 Å². The molecule has 0 aromatic heterocycles. The number of allylic oxidation sites excluding steroid dienone is 1. The lowest BCUT2D eigenvalue weighted by molar-refractivity contribution is -0.140. The predicted octanol–water partition coefficient (Wildman–Crippen LogP) is 1.55. The van der Waals surface area contributed by atoms with E-state index in [1.807, 2.05) is 24.8 Å². The fourth-order valence-corrected chi connectivity index (χ4v) is 1.45. The maximum absolute atomic E-state index is 11.7. The Balaban J connectivity index is 2.50. The van der Waals surface area contributed by atoms with E-state index in [1.54, 1.807) is 6.26 Å². The Morgan fingerprint density at radius 3 is 2.69 bits per heavy atom. The summed E-state index contributed by atoms with van der Waals surface area (Å²) >= 11 is 0. The molecule has 74 valence electrons. The number of likely N-dealkylation sites (N-methyl/N-ethyl adjacent to an activating group) is 1. The number of amides is 1. The van der Waals surface area contributed by atoms with Crippen molar-refractivity contribution < 1.29 is 9.53 Å². The normalized spacial score (nSPS) is 20.9. The van der Waals surface area contributed by atoms with Crippen LogP contribution in [0.25, 0.3) is 0 Å². The first-order valence-electron chi connectivity index (χ1n) is 4.88. The molecule has 1 atom stereocenters. The summed E-state index contributed by atoms with van der Waals surface area (Å²) in [4.78, 5) is 13.5. The van der Waals surface area contributed by atoms with Crippen LogP contribution in [0.3, 0.4) is 0 Å². The molecule has 1 heterocycles. The van der Waals surface area contributed by atoms with E-state index in [2.05, 4.69) is 0 Å². The van der Waals surface area contributed by atoms with Gasteiger partial charge in [0.2, 0.25) is 0 Å². The molecule has 3 heteroatoms. The molecule has 0 spiro atoms. The van der Waals surface area contributed by atoms with Crippen molar-refractivity contribution in [3.63, 3.8) is 0 Å². The van der Waals surface area contributed by atoms with E-state index in [9.17, 15) is 4.79 Å². The van der Waals surface area contributed by atoms with Crippen molar-refractivity contribution in [1.82, 2.24) is 4.90 Å². The Morgan fingerprint density at radius 2 is 2.23 bits per heavy atom. The van der Waals surface area contributed by atoms with Gasteiger partial charge in [-0.2, -0.15) is 0 Å². The topological polar surface area (TPSA) is 29.5 Å². The highest BCUT2D eigenvalue weighted by atomic mass is 16.5. The lowest BCUT2D eigenvalue weighted by atomic mass is 10.1. The second kappa shape index (κ2) is 4.90. The maximum Gasteiger partial charge on any atom is 0.263 e. The van der Waals surface area contributed by atoms with E-state index >= 15 is 0 Å². The van der Waals surface area contributed by atoms with Crippen LogP contribution in [-0.4, -0.2) is 30.0 Å². The van der Waals surface area contributed by atoms with Crippen molar-refractivity contribution in [2.75, 3.05) is 13.1 Å². The predicted molar refractivity (Wildman–Crippen MR) is 51.2 cm³/mol. The summed E-state index contributed by atoms with van der Waals surface area (Å²) < 4.78 is 5.25. The highest BCUT2D eigenvalue weighted by molar-refractivity contribution is 5.81. The highest BCUT2D eigenvalue weighted by Crippen LogP contribution is 2.12. The molecule has 0 aliphatic carbocycles. The first-order valence-corrected chi connectivity index (χ1v) is 4.88. The van der Waals surface area contributed by atoms with Gasteiger partial charge in [-0.1, -0.05) is 0 Å². The standard InChI is InChI=1S/C10H17NO2/c1-3-11(4-2)10(12)9-7-5-6-8-13-9/h6,8-9H,3-5,7H2,1-2H3. The van der Waals surface area contributed by atoms with Crippen molar-refractivity contribution in [1.29, 1.82) is 0 Å². The smallest absolute Gasteiger partial charge is 0.263 e. The summed E-state index contributed by atoms with van der Waals surface area (Å²) in [5.41, 5.74) is 0. The van der Waals surface area contributed by atoms with Gasteiger partial charge in [-0.05, 0) is 32.8 Å². The number of nitrogens with zero attached hydrogens (tertiary/aromatic N) is 1. The van der Waals surface area contributed by atoms with Crippen molar-refractivity contribution in [2.45, 2.75) is 32.8 Å². The van der Waals surface area contributed by atoms with Gasteiger partial charge in [0.1, 0.15) is 0 Å². The van der Waals surface area contributed by atoms with Crippen LogP contribution in [0.4, 0.5) is 0 Å². The Hall–Kier alpha value is -0.990. The van der Waals surface area contributed by atoms with Crippen LogP contribution in [-0.2, 0) is 9.53 Å². The summed E-state index contributed by atoms with van der Waals surface area (Å²) in [5.74, 6) is 0.120. The average molecular weight is 183 g/mol. The fourth-order valence-electron chi connectivity index (χ4n) is 1.45. The molecule has 0 aromatic carbocycles. The van der Waals surface area contributed by atoms with Gasteiger partial charge in [0, 0.05) is 13.1 Å². The summed E-state index contributed by atoms with van der Waals surface area (Å²) in [6.07, 6.45) is 5.09. The number of rotatable bonds is 3. The highest BCUT2D eigenvalue weighted by Gasteiger charge is 2.23. The van der Waals surface area contributed by atoms with E-state index < -0.39 is 0 Å². The Labute approximate surface area is 79.4 Å². The molecule has 1 amide bonds. The van der Waals surface area contributed by atoms with Crippen LogP contribution in [0.5, 0.6) is 0 Å². The molecular formula is C10H17NO2. The second-order valence-corrected chi connectivity index (χ2v) is 3.08. The Kier molecular flexibility index (Phi) is 3.80. The molecule has 1 aliphatic rings. The van der Waals surface area contributed by atoms with Gasteiger partial charge in [-0.3, -0.25) is 4.79 Å². The Bertz CT molecular complexity index is 197. The fraction of sp³-hybridized carbons (Fsp3) is 0.700. The number of hydrogen-bond donors (Lipinski definition) is 0. The summed E-state index contributed by atoms with van der Waals surface area (Å²) in [5, 5.41) is 0. The van der Waals surface area contributed by atoms with E-state index in [4.69, 9.17) is 4.74 Å². The summed E-state index contributed by atoms with van der Waals surface area (Å²) in [6.45, 7) is 5.50. The second-order valence-electron chi connectivity index (χ2n) is 3.08. The van der Waals surface area contributed by atoms with Gasteiger partial charge in [0.25, 0.3) is 5.91 Å². The van der Waals surface area contributed by atoms with Crippen LogP contribution in [0.1, 0.15) is 26.7 Å². The maximum atomic E-state index is 11.7. The number of carbonyl (C=O) groups is 1. The van der Waals surface area contributed by atoms with Gasteiger partial charge in [0.05, 0.1) is 6.26 Å². The summed E-state index contributed by atoms with van der Waals surface area (Å²) in [6, 6.07) is 0. The molecule has 0 radical (unpaired) electrons. The van der Waals surface area contributed by atoms with Crippen LogP contribution in [0.15, 0.2) is 12.3 Å². The van der Waals surface area contributed by atoms with Crippen molar-refractivity contribution in [3.8, 4) is 0 Å². The molecule has 3 nitrogen and oxygen atoms in total. The minimum atomic E-state index is -0.245. The third-order valence-electron chi connectivity index (χ3n) is 2.29. The van der Waals surface area contributed by atoms with Gasteiger partial charge in [0.15, 0.2) is 6.10 Å². The SMILES string of the molecule is CCN(CC)C(=O)C1CCC=CO1. The molecule has 0 saturated carbocycles. The first kappa shape index (κ1) is 10.1. The van der Waals surface area contributed by atoms with E-state index in [0.29, 0.717) is 0 Å². The molecule has 0 fully saturated rings. The van der Waals surface area contributed by atoms with Gasteiger partial charge < -0.3 is 9.64 Å². The average Bonchev–Trinajstić information content (AvgIpc) is 2.21. The van der Waals surface area contributed by atoms with Crippen molar-refractivity contribution in [2.24, 2.45) is 0 Å². The number of ether oxygens (including phenoxy) is 1. The van der Waals surface area contributed by atoms with Crippen LogP contribution >= 0.6 is 0 Å². The van der Waals surface area contributed by atoms with Crippen LogP contribution in [0.2, 0.25) is 0 Å². The van der Waals surface area contributed by atoms with Crippen LogP contribution in [0, 0.1) is 0 Å². The monoisotopic (exact) mass is 183 g/mol. The first-order chi connectivity index (χ1) is 6.29. The van der Waals surface area contributed by atoms with Crippen molar-refractivity contribution >= 4 is 5.91 Å².